The highest BCUT2D eigenvalue weighted by molar-refractivity contribution is 14.1. The summed E-state index contributed by atoms with van der Waals surface area (Å²) in [5.41, 5.74) is 1.48. The van der Waals surface area contributed by atoms with Gasteiger partial charge in [0.15, 0.2) is 0 Å². The van der Waals surface area contributed by atoms with Crippen molar-refractivity contribution in [3.05, 3.63) is 57.2 Å². The molecule has 2 aromatic rings. The number of nitrogens with one attached hydrogen (secondary N) is 1. The first kappa shape index (κ1) is 15.4. The monoisotopic (exact) mass is 393 g/mol. The lowest BCUT2D eigenvalue weighted by molar-refractivity contribution is 0.102. The molecule has 0 unspecified atom stereocenters. The van der Waals surface area contributed by atoms with Gasteiger partial charge in [-0.1, -0.05) is 17.9 Å². The zero-order valence-electron chi connectivity index (χ0n) is 10.9. The second-order valence-electron chi connectivity index (χ2n) is 4.16. The third-order valence-corrected chi connectivity index (χ3v) is 3.31. The van der Waals surface area contributed by atoms with Crippen LogP contribution in [0.15, 0.2) is 42.5 Å². The fourth-order valence-electron chi connectivity index (χ4n) is 1.70. The van der Waals surface area contributed by atoms with Gasteiger partial charge in [0.05, 0.1) is 5.56 Å². The van der Waals surface area contributed by atoms with Gasteiger partial charge < -0.3 is 15.5 Å². The molecule has 0 atom stereocenters. The summed E-state index contributed by atoms with van der Waals surface area (Å²) in [6, 6.07) is 11.8. The number of aliphatic hydroxyl groups is 1. The Hall–Kier alpha value is -2.04. The minimum Gasteiger partial charge on any atom is -0.507 e. The third kappa shape index (κ3) is 4.21. The minimum atomic E-state index is -0.390. The van der Waals surface area contributed by atoms with Gasteiger partial charge in [-0.3, -0.25) is 4.79 Å². The maximum Gasteiger partial charge on any atom is 0.259 e. The molecule has 0 saturated carbocycles. The van der Waals surface area contributed by atoms with Crippen LogP contribution < -0.4 is 5.32 Å². The van der Waals surface area contributed by atoms with Gasteiger partial charge in [0.1, 0.15) is 12.4 Å². The highest BCUT2D eigenvalue weighted by Crippen LogP contribution is 2.21. The Labute approximate surface area is 136 Å². The molecule has 2 aromatic carbocycles. The van der Waals surface area contributed by atoms with Crippen molar-refractivity contribution in [2.75, 3.05) is 11.9 Å². The molecule has 0 aliphatic heterocycles. The summed E-state index contributed by atoms with van der Waals surface area (Å²) in [4.78, 5) is 12.2. The van der Waals surface area contributed by atoms with Crippen molar-refractivity contribution < 1.29 is 15.0 Å². The molecule has 0 aliphatic carbocycles. The lowest BCUT2D eigenvalue weighted by atomic mass is 10.1. The molecule has 0 aliphatic rings. The van der Waals surface area contributed by atoms with Gasteiger partial charge in [-0.25, -0.2) is 0 Å². The zero-order valence-corrected chi connectivity index (χ0v) is 13.1. The van der Waals surface area contributed by atoms with Crippen LogP contribution in [0.4, 0.5) is 5.69 Å². The van der Waals surface area contributed by atoms with E-state index in [1.54, 1.807) is 36.4 Å². The number of carbonyl (C=O) groups excluding carboxylic acids is 1. The van der Waals surface area contributed by atoms with Crippen LogP contribution in [-0.4, -0.2) is 22.7 Å². The number of anilines is 1. The SMILES string of the molecule is O=C(Nc1cccc(C#CCO)c1)c1cc(I)ccc1O. The summed E-state index contributed by atoms with van der Waals surface area (Å²) in [5, 5.41) is 21.1. The first-order valence-electron chi connectivity index (χ1n) is 6.10. The molecule has 0 bridgehead atoms. The van der Waals surface area contributed by atoms with Crippen molar-refractivity contribution in [2.24, 2.45) is 0 Å². The number of aliphatic hydroxyl groups excluding tert-OH is 1. The highest BCUT2D eigenvalue weighted by Gasteiger charge is 2.11. The molecule has 5 heteroatoms. The highest BCUT2D eigenvalue weighted by atomic mass is 127. The lowest BCUT2D eigenvalue weighted by Crippen LogP contribution is -2.12. The summed E-state index contributed by atoms with van der Waals surface area (Å²) in [6.45, 7) is -0.215. The van der Waals surface area contributed by atoms with Crippen LogP contribution in [0, 0.1) is 15.4 Å². The van der Waals surface area contributed by atoms with Crippen LogP contribution >= 0.6 is 22.6 Å². The van der Waals surface area contributed by atoms with Crippen molar-refractivity contribution in [2.45, 2.75) is 0 Å². The Balaban J connectivity index is 2.21. The van der Waals surface area contributed by atoms with Crippen LogP contribution in [-0.2, 0) is 0 Å². The smallest absolute Gasteiger partial charge is 0.259 e. The average Bonchev–Trinajstić information content (AvgIpc) is 2.48. The summed E-state index contributed by atoms with van der Waals surface area (Å²) >= 11 is 2.07. The van der Waals surface area contributed by atoms with Crippen molar-refractivity contribution in [3.8, 4) is 17.6 Å². The molecule has 0 saturated heterocycles. The second-order valence-corrected chi connectivity index (χ2v) is 5.40. The van der Waals surface area contributed by atoms with E-state index >= 15 is 0 Å². The molecule has 4 nitrogen and oxygen atoms in total. The predicted octanol–water partition coefficient (Wildman–Crippen LogP) is 2.59. The molecular formula is C16H12INO3. The van der Waals surface area contributed by atoms with Crippen LogP contribution in [0.2, 0.25) is 0 Å². The van der Waals surface area contributed by atoms with Crippen molar-refractivity contribution >= 4 is 34.2 Å². The van der Waals surface area contributed by atoms with E-state index in [4.69, 9.17) is 5.11 Å². The number of halogens is 1. The number of hydrogen-bond acceptors (Lipinski definition) is 3. The number of phenolic OH excluding ortho intramolecular Hbond substituents is 1. The lowest BCUT2D eigenvalue weighted by Gasteiger charge is -2.07. The summed E-state index contributed by atoms with van der Waals surface area (Å²) < 4.78 is 0.859. The number of aromatic hydroxyl groups is 1. The Kier molecular flexibility index (Phi) is 5.20. The Morgan fingerprint density at radius 1 is 1.24 bits per heavy atom. The number of phenols is 1. The van der Waals surface area contributed by atoms with Crippen LogP contribution in [0.1, 0.15) is 15.9 Å². The van der Waals surface area contributed by atoms with E-state index in [1.807, 2.05) is 0 Å². The maximum absolute atomic E-state index is 12.2. The van der Waals surface area contributed by atoms with Crippen LogP contribution in [0.3, 0.4) is 0 Å². The fourth-order valence-corrected chi connectivity index (χ4v) is 2.20. The van der Waals surface area contributed by atoms with Crippen LogP contribution in [0.5, 0.6) is 5.75 Å². The molecule has 0 spiro atoms. The van der Waals surface area contributed by atoms with E-state index < -0.39 is 5.91 Å². The Morgan fingerprint density at radius 2 is 2.05 bits per heavy atom. The van der Waals surface area contributed by atoms with Crippen molar-refractivity contribution in [1.82, 2.24) is 0 Å². The second kappa shape index (κ2) is 7.11. The number of amides is 1. The van der Waals surface area contributed by atoms with Gasteiger partial charge in [0.25, 0.3) is 5.91 Å². The predicted molar refractivity (Wildman–Crippen MR) is 89.2 cm³/mol. The Bertz CT molecular complexity index is 732. The molecule has 0 radical (unpaired) electrons. The number of benzene rings is 2. The molecule has 0 fully saturated rings. The van der Waals surface area contributed by atoms with Gasteiger partial charge in [-0.05, 0) is 59.0 Å². The summed E-state index contributed by atoms with van der Waals surface area (Å²) in [7, 11) is 0. The third-order valence-electron chi connectivity index (χ3n) is 2.64. The maximum atomic E-state index is 12.2. The Morgan fingerprint density at radius 3 is 2.81 bits per heavy atom. The van der Waals surface area contributed by atoms with Gasteiger partial charge in [-0.15, -0.1) is 0 Å². The summed E-state index contributed by atoms with van der Waals surface area (Å²) in [5.74, 6) is 4.86. The first-order chi connectivity index (χ1) is 10.1. The van der Waals surface area contributed by atoms with Gasteiger partial charge in [0.2, 0.25) is 0 Å². The van der Waals surface area contributed by atoms with Gasteiger partial charge in [-0.2, -0.15) is 0 Å². The van der Waals surface area contributed by atoms with E-state index in [-0.39, 0.29) is 17.9 Å². The van der Waals surface area contributed by atoms with Gasteiger partial charge >= 0.3 is 0 Å². The van der Waals surface area contributed by atoms with Crippen molar-refractivity contribution in [3.63, 3.8) is 0 Å². The fraction of sp³-hybridized carbons (Fsp3) is 0.0625. The molecule has 1 amide bonds. The normalized spacial score (nSPS) is 9.62. The largest absolute Gasteiger partial charge is 0.507 e. The summed E-state index contributed by atoms with van der Waals surface area (Å²) in [6.07, 6.45) is 0. The molecule has 3 N–H and O–H groups in total. The van der Waals surface area contributed by atoms with E-state index in [1.165, 1.54) is 6.07 Å². The van der Waals surface area contributed by atoms with E-state index in [0.29, 0.717) is 11.3 Å². The van der Waals surface area contributed by atoms with E-state index in [2.05, 4.69) is 39.7 Å². The van der Waals surface area contributed by atoms with Gasteiger partial charge in [0, 0.05) is 14.8 Å². The first-order valence-corrected chi connectivity index (χ1v) is 7.17. The van der Waals surface area contributed by atoms with E-state index in [0.717, 1.165) is 3.57 Å². The topological polar surface area (TPSA) is 69.6 Å². The number of rotatable bonds is 2. The minimum absolute atomic E-state index is 0.0656. The molecule has 21 heavy (non-hydrogen) atoms. The molecule has 106 valence electrons. The molecule has 0 heterocycles. The zero-order chi connectivity index (χ0) is 15.2. The van der Waals surface area contributed by atoms with Crippen molar-refractivity contribution in [1.29, 1.82) is 0 Å². The standard InChI is InChI=1S/C16H12INO3/c17-12-6-7-15(20)14(10-12)16(21)18-13-5-1-3-11(9-13)4-2-8-19/h1,3,5-7,9-10,19-20H,8H2,(H,18,21). The quantitative estimate of drug-likeness (QED) is 0.543. The molecule has 2 rings (SSSR count). The molecule has 0 aromatic heterocycles. The van der Waals surface area contributed by atoms with E-state index in [9.17, 15) is 9.90 Å². The van der Waals surface area contributed by atoms with Crippen LogP contribution in [0.25, 0.3) is 0 Å². The number of hydrogen-bond donors (Lipinski definition) is 3. The number of carbonyl (C=O) groups is 1. The molecular weight excluding hydrogens is 381 g/mol. The average molecular weight is 393 g/mol.